The number of carboxylic acid groups (broad SMARTS) is 1. The summed E-state index contributed by atoms with van der Waals surface area (Å²) in [4.78, 5) is 11.2. The molecule has 0 bridgehead atoms. The molecule has 2 N–H and O–H groups in total. The molecule has 2 rings (SSSR count). The SMILES string of the molecule is O=C(O)C(NC1CC1)c1ccc(Br)c(Br)c1. The maximum absolute atomic E-state index is 11.2. The summed E-state index contributed by atoms with van der Waals surface area (Å²) in [5.74, 6) is -0.832. The summed E-state index contributed by atoms with van der Waals surface area (Å²) in [6.07, 6.45) is 2.14. The van der Waals surface area contributed by atoms with Crippen LogP contribution in [0.4, 0.5) is 0 Å². The van der Waals surface area contributed by atoms with E-state index in [0.29, 0.717) is 6.04 Å². The minimum atomic E-state index is -0.832. The van der Waals surface area contributed by atoms with Gasteiger partial charge in [0.25, 0.3) is 0 Å². The maximum atomic E-state index is 11.2. The summed E-state index contributed by atoms with van der Waals surface area (Å²) in [6.45, 7) is 0. The monoisotopic (exact) mass is 347 g/mol. The third kappa shape index (κ3) is 2.84. The highest BCUT2D eigenvalue weighted by Crippen LogP contribution is 2.29. The molecule has 0 spiro atoms. The van der Waals surface area contributed by atoms with E-state index in [-0.39, 0.29) is 0 Å². The number of nitrogens with one attached hydrogen (secondary N) is 1. The lowest BCUT2D eigenvalue weighted by Gasteiger charge is -2.14. The first-order chi connectivity index (χ1) is 7.58. The van der Waals surface area contributed by atoms with E-state index in [0.717, 1.165) is 27.4 Å². The summed E-state index contributed by atoms with van der Waals surface area (Å²) >= 11 is 6.74. The third-order valence-electron chi connectivity index (χ3n) is 2.50. The highest BCUT2D eigenvalue weighted by atomic mass is 79.9. The first-order valence-electron chi connectivity index (χ1n) is 5.01. The van der Waals surface area contributed by atoms with Crippen molar-refractivity contribution in [3.63, 3.8) is 0 Å². The lowest BCUT2D eigenvalue weighted by molar-refractivity contribution is -0.139. The normalized spacial score (nSPS) is 17.1. The van der Waals surface area contributed by atoms with Gasteiger partial charge < -0.3 is 5.11 Å². The second-order valence-electron chi connectivity index (χ2n) is 3.89. The van der Waals surface area contributed by atoms with Crippen LogP contribution >= 0.6 is 31.9 Å². The van der Waals surface area contributed by atoms with Crippen LogP contribution in [-0.2, 0) is 4.79 Å². The van der Waals surface area contributed by atoms with E-state index < -0.39 is 12.0 Å². The Hall–Kier alpha value is -0.390. The fraction of sp³-hybridized carbons (Fsp3) is 0.364. The number of aliphatic carboxylic acids is 1. The molecule has 16 heavy (non-hydrogen) atoms. The molecule has 1 atom stereocenters. The van der Waals surface area contributed by atoms with Crippen LogP contribution in [0.1, 0.15) is 24.4 Å². The molecule has 1 saturated carbocycles. The molecule has 1 aromatic rings. The molecule has 3 nitrogen and oxygen atoms in total. The first-order valence-corrected chi connectivity index (χ1v) is 6.60. The van der Waals surface area contributed by atoms with E-state index in [4.69, 9.17) is 0 Å². The van der Waals surface area contributed by atoms with Crippen molar-refractivity contribution in [3.8, 4) is 0 Å². The third-order valence-corrected chi connectivity index (χ3v) is 4.38. The Morgan fingerprint density at radius 2 is 2.06 bits per heavy atom. The van der Waals surface area contributed by atoms with Crippen LogP contribution < -0.4 is 5.32 Å². The van der Waals surface area contributed by atoms with Crippen molar-refractivity contribution in [2.75, 3.05) is 0 Å². The Morgan fingerprint density at radius 3 is 2.56 bits per heavy atom. The molecule has 1 fully saturated rings. The van der Waals surface area contributed by atoms with Gasteiger partial charge in [-0.2, -0.15) is 0 Å². The van der Waals surface area contributed by atoms with E-state index in [1.54, 1.807) is 0 Å². The summed E-state index contributed by atoms with van der Waals surface area (Å²) in [7, 11) is 0. The summed E-state index contributed by atoms with van der Waals surface area (Å²) in [5, 5.41) is 12.3. The standard InChI is InChI=1S/C11H11Br2NO2/c12-8-4-1-6(5-9(8)13)10(11(15)16)14-7-2-3-7/h1,4-5,7,10,14H,2-3H2,(H,15,16). The van der Waals surface area contributed by atoms with Gasteiger partial charge in [0, 0.05) is 15.0 Å². The van der Waals surface area contributed by atoms with Crippen LogP contribution in [-0.4, -0.2) is 17.1 Å². The van der Waals surface area contributed by atoms with Crippen LogP contribution in [0.25, 0.3) is 0 Å². The molecule has 0 radical (unpaired) electrons. The van der Waals surface area contributed by atoms with Crippen molar-refractivity contribution in [2.24, 2.45) is 0 Å². The van der Waals surface area contributed by atoms with Gasteiger partial charge in [0.2, 0.25) is 0 Å². The lowest BCUT2D eigenvalue weighted by atomic mass is 10.1. The zero-order valence-electron chi connectivity index (χ0n) is 8.41. The van der Waals surface area contributed by atoms with Gasteiger partial charge in [-0.1, -0.05) is 6.07 Å². The average molecular weight is 349 g/mol. The fourth-order valence-electron chi connectivity index (χ4n) is 1.49. The smallest absolute Gasteiger partial charge is 0.325 e. The van der Waals surface area contributed by atoms with Gasteiger partial charge in [0.05, 0.1) is 0 Å². The van der Waals surface area contributed by atoms with Gasteiger partial charge in [0.1, 0.15) is 6.04 Å². The van der Waals surface area contributed by atoms with E-state index in [2.05, 4.69) is 37.2 Å². The number of halogens is 2. The molecule has 0 aliphatic heterocycles. The Balaban J connectivity index is 2.22. The Labute approximate surface area is 110 Å². The van der Waals surface area contributed by atoms with Gasteiger partial charge in [-0.15, -0.1) is 0 Å². The van der Waals surface area contributed by atoms with Crippen LogP contribution in [0.5, 0.6) is 0 Å². The molecule has 0 amide bonds. The highest BCUT2D eigenvalue weighted by Gasteiger charge is 2.29. The van der Waals surface area contributed by atoms with E-state index >= 15 is 0 Å². The molecule has 5 heteroatoms. The van der Waals surface area contributed by atoms with E-state index in [1.807, 2.05) is 18.2 Å². The fourth-order valence-corrected chi connectivity index (χ4v) is 2.13. The Morgan fingerprint density at radius 1 is 1.38 bits per heavy atom. The predicted octanol–water partition coefficient (Wildman–Crippen LogP) is 3.09. The molecule has 0 heterocycles. The van der Waals surface area contributed by atoms with Crippen LogP contribution in [0.15, 0.2) is 27.1 Å². The average Bonchev–Trinajstić information content (AvgIpc) is 3.02. The maximum Gasteiger partial charge on any atom is 0.325 e. The second-order valence-corrected chi connectivity index (χ2v) is 5.59. The Bertz CT molecular complexity index is 418. The van der Waals surface area contributed by atoms with Gasteiger partial charge in [-0.05, 0) is 62.4 Å². The lowest BCUT2D eigenvalue weighted by Crippen LogP contribution is -2.30. The zero-order valence-corrected chi connectivity index (χ0v) is 11.6. The largest absolute Gasteiger partial charge is 0.480 e. The van der Waals surface area contributed by atoms with Crippen molar-refractivity contribution in [3.05, 3.63) is 32.7 Å². The molecule has 1 aliphatic carbocycles. The summed E-state index contributed by atoms with van der Waals surface area (Å²) < 4.78 is 1.79. The number of hydrogen-bond donors (Lipinski definition) is 2. The molecular formula is C11H11Br2NO2. The van der Waals surface area contributed by atoms with Gasteiger partial charge in [-0.3, -0.25) is 10.1 Å². The predicted molar refractivity (Wildman–Crippen MR) is 68.4 cm³/mol. The Kier molecular flexibility index (Phi) is 3.66. The quantitative estimate of drug-likeness (QED) is 0.879. The number of carboxylic acids is 1. The van der Waals surface area contributed by atoms with Crippen molar-refractivity contribution in [1.29, 1.82) is 0 Å². The molecular weight excluding hydrogens is 338 g/mol. The van der Waals surface area contributed by atoms with Crippen molar-refractivity contribution >= 4 is 37.8 Å². The zero-order chi connectivity index (χ0) is 11.7. The van der Waals surface area contributed by atoms with Gasteiger partial charge in [-0.25, -0.2) is 0 Å². The topological polar surface area (TPSA) is 49.3 Å². The number of hydrogen-bond acceptors (Lipinski definition) is 2. The van der Waals surface area contributed by atoms with E-state index in [1.165, 1.54) is 0 Å². The number of benzene rings is 1. The summed E-state index contributed by atoms with van der Waals surface area (Å²) in [5.41, 5.74) is 0.773. The van der Waals surface area contributed by atoms with Crippen molar-refractivity contribution in [1.82, 2.24) is 5.32 Å². The van der Waals surface area contributed by atoms with Crippen LogP contribution in [0.2, 0.25) is 0 Å². The minimum absolute atomic E-state index is 0.364. The van der Waals surface area contributed by atoms with Crippen LogP contribution in [0.3, 0.4) is 0 Å². The van der Waals surface area contributed by atoms with Crippen LogP contribution in [0, 0.1) is 0 Å². The van der Waals surface area contributed by atoms with Gasteiger partial charge >= 0.3 is 5.97 Å². The van der Waals surface area contributed by atoms with E-state index in [9.17, 15) is 9.90 Å². The first kappa shape index (κ1) is 12.1. The molecule has 1 aromatic carbocycles. The molecule has 0 saturated heterocycles. The number of carbonyl (C=O) groups is 1. The highest BCUT2D eigenvalue weighted by molar-refractivity contribution is 9.13. The number of rotatable bonds is 4. The summed E-state index contributed by atoms with van der Waals surface area (Å²) in [6, 6.07) is 5.26. The molecule has 1 aliphatic rings. The van der Waals surface area contributed by atoms with Crippen molar-refractivity contribution < 1.29 is 9.90 Å². The molecule has 86 valence electrons. The minimum Gasteiger partial charge on any atom is -0.480 e. The molecule has 0 aromatic heterocycles. The molecule has 1 unspecified atom stereocenters. The second kappa shape index (κ2) is 4.85. The van der Waals surface area contributed by atoms with Gasteiger partial charge in [0.15, 0.2) is 0 Å². The van der Waals surface area contributed by atoms with Crippen molar-refractivity contribution in [2.45, 2.75) is 24.9 Å².